The molecule has 1 unspecified atom stereocenters. The third-order valence-electron chi connectivity index (χ3n) is 2.47. The number of rotatable bonds is 8. The standard InChI is InChI=1S/C14H19NO4/c1-3-5-10-8-11(18-4-2)6-7-12(10)19-13(9-15)14(16)17/h3,6-8,13H,1,4-5,9,15H2,2H3,(H,16,17). The number of hydrogen-bond acceptors (Lipinski definition) is 4. The van der Waals surface area contributed by atoms with Crippen molar-refractivity contribution in [1.29, 1.82) is 0 Å². The SMILES string of the molecule is C=CCc1cc(OCC)ccc1OC(CN)C(=O)O. The second-order valence-corrected chi connectivity index (χ2v) is 3.88. The van der Waals surface area contributed by atoms with Crippen molar-refractivity contribution in [3.8, 4) is 11.5 Å². The Morgan fingerprint density at radius 1 is 1.58 bits per heavy atom. The molecule has 3 N–H and O–H groups in total. The summed E-state index contributed by atoms with van der Waals surface area (Å²) in [6.45, 7) is 6.04. The number of carboxylic acid groups (broad SMARTS) is 1. The number of hydrogen-bond donors (Lipinski definition) is 2. The first-order chi connectivity index (χ1) is 9.12. The topological polar surface area (TPSA) is 81.8 Å². The van der Waals surface area contributed by atoms with Crippen molar-refractivity contribution < 1.29 is 19.4 Å². The molecule has 0 saturated carbocycles. The lowest BCUT2D eigenvalue weighted by Crippen LogP contribution is -2.35. The molecule has 0 aliphatic rings. The van der Waals surface area contributed by atoms with Gasteiger partial charge in [0.1, 0.15) is 11.5 Å². The molecule has 104 valence electrons. The molecular weight excluding hydrogens is 246 g/mol. The fraction of sp³-hybridized carbons (Fsp3) is 0.357. The smallest absolute Gasteiger partial charge is 0.346 e. The van der Waals surface area contributed by atoms with E-state index in [2.05, 4.69) is 6.58 Å². The average molecular weight is 265 g/mol. The first-order valence-corrected chi connectivity index (χ1v) is 6.08. The Morgan fingerprint density at radius 3 is 2.84 bits per heavy atom. The maximum Gasteiger partial charge on any atom is 0.346 e. The first-order valence-electron chi connectivity index (χ1n) is 6.08. The van der Waals surface area contributed by atoms with Crippen molar-refractivity contribution in [3.63, 3.8) is 0 Å². The molecule has 5 heteroatoms. The van der Waals surface area contributed by atoms with Crippen molar-refractivity contribution >= 4 is 5.97 Å². The minimum Gasteiger partial charge on any atom is -0.494 e. The van der Waals surface area contributed by atoms with E-state index in [0.717, 1.165) is 5.56 Å². The molecule has 1 atom stereocenters. The Bertz CT molecular complexity index is 445. The summed E-state index contributed by atoms with van der Waals surface area (Å²) in [5, 5.41) is 8.94. The van der Waals surface area contributed by atoms with Crippen LogP contribution in [0, 0.1) is 0 Å². The molecule has 0 aromatic heterocycles. The molecule has 0 radical (unpaired) electrons. The summed E-state index contributed by atoms with van der Waals surface area (Å²) in [6, 6.07) is 5.24. The lowest BCUT2D eigenvalue weighted by atomic mass is 10.1. The fourth-order valence-electron chi connectivity index (χ4n) is 1.59. The van der Waals surface area contributed by atoms with Gasteiger partial charge in [-0.05, 0) is 31.5 Å². The molecule has 0 saturated heterocycles. The van der Waals surface area contributed by atoms with Gasteiger partial charge in [-0.15, -0.1) is 6.58 Å². The van der Waals surface area contributed by atoms with Crippen LogP contribution >= 0.6 is 0 Å². The lowest BCUT2D eigenvalue weighted by Gasteiger charge is -2.16. The van der Waals surface area contributed by atoms with Crippen molar-refractivity contribution in [1.82, 2.24) is 0 Å². The quantitative estimate of drug-likeness (QED) is 0.698. The summed E-state index contributed by atoms with van der Waals surface area (Å²) < 4.78 is 10.8. The summed E-state index contributed by atoms with van der Waals surface area (Å²) in [7, 11) is 0. The van der Waals surface area contributed by atoms with Crippen LogP contribution in [0.25, 0.3) is 0 Å². The number of ether oxygens (including phenoxy) is 2. The van der Waals surface area contributed by atoms with Gasteiger partial charge in [0.2, 0.25) is 6.10 Å². The predicted molar refractivity (Wildman–Crippen MR) is 72.6 cm³/mol. The van der Waals surface area contributed by atoms with Crippen LogP contribution in [-0.4, -0.2) is 30.3 Å². The summed E-state index contributed by atoms with van der Waals surface area (Å²) >= 11 is 0. The Labute approximate surface area is 112 Å². The molecule has 1 aromatic carbocycles. The largest absolute Gasteiger partial charge is 0.494 e. The molecule has 5 nitrogen and oxygen atoms in total. The highest BCUT2D eigenvalue weighted by molar-refractivity contribution is 5.73. The van der Waals surface area contributed by atoms with Crippen LogP contribution in [0.4, 0.5) is 0 Å². The minimum atomic E-state index is -1.08. The van der Waals surface area contributed by atoms with Gasteiger partial charge in [-0.2, -0.15) is 0 Å². The average Bonchev–Trinajstić information content (AvgIpc) is 2.38. The van der Waals surface area contributed by atoms with Gasteiger partial charge in [-0.1, -0.05) is 6.08 Å². The van der Waals surface area contributed by atoms with E-state index in [1.54, 1.807) is 18.2 Å². The highest BCUT2D eigenvalue weighted by atomic mass is 16.5. The molecule has 0 bridgehead atoms. The zero-order chi connectivity index (χ0) is 14.3. The van der Waals surface area contributed by atoms with E-state index in [4.69, 9.17) is 20.3 Å². The van der Waals surface area contributed by atoms with Gasteiger partial charge in [0.05, 0.1) is 6.61 Å². The summed E-state index contributed by atoms with van der Waals surface area (Å²) in [6.07, 6.45) is 1.23. The van der Waals surface area contributed by atoms with Crippen molar-refractivity contribution in [2.75, 3.05) is 13.2 Å². The maximum absolute atomic E-state index is 10.9. The first kappa shape index (κ1) is 15.0. The van der Waals surface area contributed by atoms with E-state index < -0.39 is 12.1 Å². The van der Waals surface area contributed by atoms with Crippen LogP contribution in [0.15, 0.2) is 30.9 Å². The van der Waals surface area contributed by atoms with Crippen molar-refractivity contribution in [2.45, 2.75) is 19.4 Å². The zero-order valence-corrected chi connectivity index (χ0v) is 11.0. The Kier molecular flexibility index (Phi) is 5.89. The molecule has 0 spiro atoms. The third kappa shape index (κ3) is 4.30. The van der Waals surface area contributed by atoms with Crippen LogP contribution in [0.3, 0.4) is 0 Å². The fourth-order valence-corrected chi connectivity index (χ4v) is 1.59. The highest BCUT2D eigenvalue weighted by Crippen LogP contribution is 2.26. The van der Waals surface area contributed by atoms with E-state index >= 15 is 0 Å². The van der Waals surface area contributed by atoms with Crippen molar-refractivity contribution in [3.05, 3.63) is 36.4 Å². The number of allylic oxidation sites excluding steroid dienone is 1. The molecule has 0 amide bonds. The van der Waals surface area contributed by atoms with Gasteiger partial charge in [0, 0.05) is 12.1 Å². The molecule has 1 rings (SSSR count). The third-order valence-corrected chi connectivity index (χ3v) is 2.47. The molecule has 0 heterocycles. The van der Waals surface area contributed by atoms with Crippen molar-refractivity contribution in [2.24, 2.45) is 5.73 Å². The van der Waals surface area contributed by atoms with Gasteiger partial charge in [0.15, 0.2) is 0 Å². The molecule has 1 aromatic rings. The van der Waals surface area contributed by atoms with Gasteiger partial charge in [0.25, 0.3) is 0 Å². The summed E-state index contributed by atoms with van der Waals surface area (Å²) in [4.78, 5) is 10.9. The predicted octanol–water partition coefficient (Wildman–Crippen LogP) is 1.60. The Morgan fingerprint density at radius 2 is 2.32 bits per heavy atom. The van der Waals surface area contributed by atoms with Gasteiger partial charge >= 0.3 is 5.97 Å². The Balaban J connectivity index is 2.98. The van der Waals surface area contributed by atoms with E-state index in [1.165, 1.54) is 0 Å². The van der Waals surface area contributed by atoms with E-state index in [9.17, 15) is 4.79 Å². The molecule has 0 aliphatic carbocycles. The maximum atomic E-state index is 10.9. The minimum absolute atomic E-state index is 0.0872. The highest BCUT2D eigenvalue weighted by Gasteiger charge is 2.18. The lowest BCUT2D eigenvalue weighted by molar-refractivity contribution is -0.144. The Hall–Kier alpha value is -2.01. The monoisotopic (exact) mass is 265 g/mol. The second-order valence-electron chi connectivity index (χ2n) is 3.88. The van der Waals surface area contributed by atoms with E-state index in [0.29, 0.717) is 24.5 Å². The van der Waals surface area contributed by atoms with Gasteiger partial charge in [-0.25, -0.2) is 4.79 Å². The van der Waals surface area contributed by atoms with E-state index in [-0.39, 0.29) is 6.54 Å². The van der Waals surface area contributed by atoms with Gasteiger partial charge < -0.3 is 20.3 Å². The van der Waals surface area contributed by atoms with Crippen LogP contribution in [0.5, 0.6) is 11.5 Å². The summed E-state index contributed by atoms with van der Waals surface area (Å²) in [5.41, 5.74) is 6.19. The number of carbonyl (C=O) groups is 1. The molecule has 0 aliphatic heterocycles. The number of benzene rings is 1. The van der Waals surface area contributed by atoms with Crippen LogP contribution in [0.1, 0.15) is 12.5 Å². The number of aliphatic carboxylic acids is 1. The normalized spacial score (nSPS) is 11.7. The summed E-state index contributed by atoms with van der Waals surface area (Å²) in [5.74, 6) is 0.119. The van der Waals surface area contributed by atoms with E-state index in [1.807, 2.05) is 13.0 Å². The number of carboxylic acids is 1. The van der Waals surface area contributed by atoms with Crippen LogP contribution < -0.4 is 15.2 Å². The second kappa shape index (κ2) is 7.43. The van der Waals surface area contributed by atoms with Crippen LogP contribution in [-0.2, 0) is 11.2 Å². The molecule has 0 fully saturated rings. The number of nitrogens with two attached hydrogens (primary N) is 1. The molecule has 19 heavy (non-hydrogen) atoms. The van der Waals surface area contributed by atoms with Crippen LogP contribution in [0.2, 0.25) is 0 Å². The molecular formula is C14H19NO4. The zero-order valence-electron chi connectivity index (χ0n) is 11.0. The van der Waals surface area contributed by atoms with Gasteiger partial charge in [-0.3, -0.25) is 0 Å².